The molecule has 0 saturated heterocycles. The molecule has 1 unspecified atom stereocenters. The van der Waals surface area contributed by atoms with Gasteiger partial charge in [0.05, 0.1) is 26.7 Å². The smallest absolute Gasteiger partial charge is 0.304 e. The number of para-hydroxylation sites is 1. The van der Waals surface area contributed by atoms with E-state index in [1.807, 2.05) is 0 Å². The zero-order valence-corrected chi connectivity index (χ0v) is 10.8. The molecule has 1 aromatic carbocycles. The second kappa shape index (κ2) is 7.24. The van der Waals surface area contributed by atoms with Gasteiger partial charge in [-0.1, -0.05) is 12.1 Å². The molecule has 0 fully saturated rings. The number of carboxylic acids is 1. The fourth-order valence-corrected chi connectivity index (χ4v) is 1.69. The molecule has 0 aliphatic carbocycles. The van der Waals surface area contributed by atoms with Crippen molar-refractivity contribution >= 4 is 5.97 Å². The summed E-state index contributed by atoms with van der Waals surface area (Å²) in [7, 11) is 3.01. The molecule has 1 rings (SSSR count). The molecule has 0 aromatic heterocycles. The number of nitrogens with one attached hydrogen (secondary N) is 1. The van der Waals surface area contributed by atoms with Crippen molar-refractivity contribution in [3.8, 4) is 17.6 Å². The van der Waals surface area contributed by atoms with Crippen molar-refractivity contribution in [3.05, 3.63) is 23.8 Å². The van der Waals surface area contributed by atoms with Crippen LogP contribution in [-0.4, -0.2) is 31.8 Å². The zero-order valence-electron chi connectivity index (χ0n) is 10.8. The zero-order chi connectivity index (χ0) is 14.3. The van der Waals surface area contributed by atoms with Crippen molar-refractivity contribution in [2.24, 2.45) is 0 Å². The third-order valence-electron chi connectivity index (χ3n) is 2.56. The van der Waals surface area contributed by atoms with E-state index in [0.717, 1.165) is 0 Å². The van der Waals surface area contributed by atoms with Crippen LogP contribution in [0.15, 0.2) is 18.2 Å². The molecule has 6 heteroatoms. The van der Waals surface area contributed by atoms with Crippen LogP contribution in [0.25, 0.3) is 0 Å². The van der Waals surface area contributed by atoms with Gasteiger partial charge in [-0.05, 0) is 6.07 Å². The summed E-state index contributed by atoms with van der Waals surface area (Å²) in [6.45, 7) is 0.202. The summed E-state index contributed by atoms with van der Waals surface area (Å²) in [5.41, 5.74) is 0.620. The van der Waals surface area contributed by atoms with Crippen molar-refractivity contribution in [1.29, 1.82) is 5.26 Å². The molecule has 0 aliphatic rings. The average Bonchev–Trinajstić information content (AvgIpc) is 2.42. The predicted octanol–water partition coefficient (Wildman–Crippen LogP) is 1.33. The van der Waals surface area contributed by atoms with E-state index in [1.54, 1.807) is 18.2 Å². The molecule has 0 heterocycles. The van der Waals surface area contributed by atoms with Crippen LogP contribution in [0.5, 0.6) is 11.5 Å². The van der Waals surface area contributed by atoms with E-state index in [9.17, 15) is 10.1 Å². The maximum absolute atomic E-state index is 10.5. The molecule has 1 aromatic rings. The van der Waals surface area contributed by atoms with Gasteiger partial charge in [0.1, 0.15) is 6.04 Å². The SMILES string of the molecule is COc1cccc(C(C#N)NCCC(=O)O)c1OC. The molecule has 0 amide bonds. The highest BCUT2D eigenvalue weighted by atomic mass is 16.5. The molecule has 1 atom stereocenters. The van der Waals surface area contributed by atoms with Crippen LogP contribution in [0, 0.1) is 11.3 Å². The Morgan fingerprint density at radius 3 is 2.74 bits per heavy atom. The van der Waals surface area contributed by atoms with Crippen LogP contribution in [-0.2, 0) is 4.79 Å². The molecule has 2 N–H and O–H groups in total. The van der Waals surface area contributed by atoms with Gasteiger partial charge in [-0.2, -0.15) is 5.26 Å². The van der Waals surface area contributed by atoms with Crippen LogP contribution in [0.1, 0.15) is 18.0 Å². The first-order valence-electron chi connectivity index (χ1n) is 5.69. The lowest BCUT2D eigenvalue weighted by molar-refractivity contribution is -0.136. The molecule has 102 valence electrons. The van der Waals surface area contributed by atoms with Gasteiger partial charge >= 0.3 is 5.97 Å². The second-order valence-electron chi connectivity index (χ2n) is 3.74. The minimum absolute atomic E-state index is 0.0511. The van der Waals surface area contributed by atoms with Crippen LogP contribution < -0.4 is 14.8 Å². The van der Waals surface area contributed by atoms with Crippen LogP contribution >= 0.6 is 0 Å². The van der Waals surface area contributed by atoms with Gasteiger partial charge in [0.2, 0.25) is 0 Å². The number of nitriles is 1. The Bertz CT molecular complexity index is 482. The molecule has 6 nitrogen and oxygen atoms in total. The van der Waals surface area contributed by atoms with Crippen LogP contribution in [0.4, 0.5) is 0 Å². The summed E-state index contributed by atoms with van der Waals surface area (Å²) in [6.07, 6.45) is -0.0511. The van der Waals surface area contributed by atoms with Gasteiger partial charge in [0.25, 0.3) is 0 Å². The summed E-state index contributed by atoms with van der Waals surface area (Å²) >= 11 is 0. The monoisotopic (exact) mass is 264 g/mol. The van der Waals surface area contributed by atoms with E-state index in [-0.39, 0.29) is 13.0 Å². The number of nitrogens with zero attached hydrogens (tertiary/aromatic N) is 1. The van der Waals surface area contributed by atoms with Gasteiger partial charge < -0.3 is 14.6 Å². The van der Waals surface area contributed by atoms with Gasteiger partial charge in [-0.25, -0.2) is 0 Å². The number of methoxy groups -OCH3 is 2. The first-order chi connectivity index (χ1) is 9.13. The van der Waals surface area contributed by atoms with Crippen molar-refractivity contribution in [2.45, 2.75) is 12.5 Å². The minimum Gasteiger partial charge on any atom is -0.493 e. The molecule has 0 spiro atoms. The number of hydrogen-bond donors (Lipinski definition) is 2. The normalized spacial score (nSPS) is 11.4. The Labute approximate surface area is 111 Å². The maximum Gasteiger partial charge on any atom is 0.304 e. The van der Waals surface area contributed by atoms with Crippen LogP contribution in [0.2, 0.25) is 0 Å². The number of hydrogen-bond acceptors (Lipinski definition) is 5. The molecule has 0 bridgehead atoms. The largest absolute Gasteiger partial charge is 0.493 e. The van der Waals surface area contributed by atoms with E-state index >= 15 is 0 Å². The molecule has 0 saturated carbocycles. The Hall–Kier alpha value is -2.26. The molecule has 19 heavy (non-hydrogen) atoms. The van der Waals surface area contributed by atoms with E-state index in [1.165, 1.54) is 14.2 Å². The fourth-order valence-electron chi connectivity index (χ4n) is 1.69. The van der Waals surface area contributed by atoms with Crippen molar-refractivity contribution in [1.82, 2.24) is 5.32 Å². The average molecular weight is 264 g/mol. The number of carboxylic acid groups (broad SMARTS) is 1. The molecular formula is C13H16N2O4. The van der Waals surface area contributed by atoms with Gasteiger partial charge in [-0.3, -0.25) is 10.1 Å². The van der Waals surface area contributed by atoms with Crippen molar-refractivity contribution in [2.75, 3.05) is 20.8 Å². The van der Waals surface area contributed by atoms with Crippen molar-refractivity contribution in [3.63, 3.8) is 0 Å². The third-order valence-corrected chi connectivity index (χ3v) is 2.56. The highest BCUT2D eigenvalue weighted by Gasteiger charge is 2.18. The van der Waals surface area contributed by atoms with Gasteiger partial charge in [0, 0.05) is 12.1 Å². The lowest BCUT2D eigenvalue weighted by atomic mass is 10.1. The van der Waals surface area contributed by atoms with Crippen LogP contribution in [0.3, 0.4) is 0 Å². The summed E-state index contributed by atoms with van der Waals surface area (Å²) in [5.74, 6) is 0.0847. The standard InChI is InChI=1S/C13H16N2O4/c1-18-11-5-3-4-9(13(11)19-2)10(8-14)15-7-6-12(16)17/h3-5,10,15H,6-7H2,1-2H3,(H,16,17). The Morgan fingerprint density at radius 1 is 1.47 bits per heavy atom. The Kier molecular flexibility index (Phi) is 5.64. The van der Waals surface area contributed by atoms with E-state index in [0.29, 0.717) is 17.1 Å². The van der Waals surface area contributed by atoms with E-state index in [2.05, 4.69) is 11.4 Å². The van der Waals surface area contributed by atoms with E-state index in [4.69, 9.17) is 14.6 Å². The number of ether oxygens (including phenoxy) is 2. The molecule has 0 aliphatic heterocycles. The predicted molar refractivity (Wildman–Crippen MR) is 68.2 cm³/mol. The third kappa shape index (κ3) is 3.86. The fraction of sp³-hybridized carbons (Fsp3) is 0.385. The highest BCUT2D eigenvalue weighted by Crippen LogP contribution is 2.34. The van der Waals surface area contributed by atoms with Gasteiger partial charge in [0.15, 0.2) is 11.5 Å². The summed E-state index contributed by atoms with van der Waals surface area (Å²) in [5, 5.41) is 20.6. The number of benzene rings is 1. The second-order valence-corrected chi connectivity index (χ2v) is 3.74. The quantitative estimate of drug-likeness (QED) is 0.772. The minimum atomic E-state index is -0.915. The maximum atomic E-state index is 10.5. The number of carbonyl (C=O) groups is 1. The molecular weight excluding hydrogens is 248 g/mol. The summed E-state index contributed by atoms with van der Waals surface area (Å²) < 4.78 is 10.4. The number of aliphatic carboxylic acids is 1. The Morgan fingerprint density at radius 2 is 2.21 bits per heavy atom. The first-order valence-corrected chi connectivity index (χ1v) is 5.69. The van der Waals surface area contributed by atoms with Gasteiger partial charge in [-0.15, -0.1) is 0 Å². The lowest BCUT2D eigenvalue weighted by Crippen LogP contribution is -2.23. The van der Waals surface area contributed by atoms with Crippen molar-refractivity contribution < 1.29 is 19.4 Å². The highest BCUT2D eigenvalue weighted by molar-refractivity contribution is 5.66. The lowest BCUT2D eigenvalue weighted by Gasteiger charge is -2.16. The first kappa shape index (κ1) is 14.8. The van der Waals surface area contributed by atoms with E-state index < -0.39 is 12.0 Å². The number of rotatable bonds is 7. The topological polar surface area (TPSA) is 91.6 Å². The Balaban J connectivity index is 2.92. The summed E-state index contributed by atoms with van der Waals surface area (Å²) in [4.78, 5) is 10.5. The summed E-state index contributed by atoms with van der Waals surface area (Å²) in [6, 6.07) is 6.65. The molecule has 0 radical (unpaired) electrons.